The lowest BCUT2D eigenvalue weighted by atomic mass is 10.00. The van der Waals surface area contributed by atoms with Gasteiger partial charge in [-0.1, -0.05) is 78.9 Å². The predicted molar refractivity (Wildman–Crippen MR) is 203 cm³/mol. The molecule has 1 atom stereocenters. The number of fused-ring (bicyclic) bond motifs is 1. The van der Waals surface area contributed by atoms with E-state index in [1.807, 2.05) is 55.5 Å². The normalized spacial score (nSPS) is 14.5. The smallest absolute Gasteiger partial charge is 0.407 e. The van der Waals surface area contributed by atoms with Crippen molar-refractivity contribution in [2.75, 3.05) is 39.4 Å². The van der Waals surface area contributed by atoms with Gasteiger partial charge < -0.3 is 25.0 Å². The average Bonchev–Trinajstić information content (AvgIpc) is 3.13. The third kappa shape index (κ3) is 11.5. The topological polar surface area (TPSA) is 129 Å². The maximum absolute atomic E-state index is 13.8. The molecule has 0 bridgehead atoms. The van der Waals surface area contributed by atoms with Crippen molar-refractivity contribution in [3.05, 3.63) is 113 Å². The van der Waals surface area contributed by atoms with E-state index in [1.165, 1.54) is 0 Å². The lowest BCUT2D eigenvalue weighted by Crippen LogP contribution is -2.43. The fourth-order valence-corrected chi connectivity index (χ4v) is 7.08. The molecule has 278 valence electrons. The Balaban J connectivity index is 1.19. The Morgan fingerprint density at radius 1 is 0.865 bits per heavy atom. The van der Waals surface area contributed by atoms with Gasteiger partial charge in [-0.25, -0.2) is 22.7 Å². The van der Waals surface area contributed by atoms with E-state index in [0.29, 0.717) is 19.6 Å². The summed E-state index contributed by atoms with van der Waals surface area (Å²) in [7, 11) is -3.79. The minimum absolute atomic E-state index is 0.107. The summed E-state index contributed by atoms with van der Waals surface area (Å²) in [4.78, 5) is 30.0. The van der Waals surface area contributed by atoms with Crippen molar-refractivity contribution in [2.45, 2.75) is 70.3 Å². The molecule has 0 saturated carbocycles. The molecule has 3 amide bonds. The fraction of sp³-hybridized carbons (Fsp3) is 0.400. The van der Waals surface area contributed by atoms with Crippen LogP contribution in [0.2, 0.25) is 0 Å². The second kappa shape index (κ2) is 17.8. The SMILES string of the molecule is CC(NC(=O)N(CCCN1CCOCC1)Cc1ccc(S(=O)(=O)NCc2ccc(CNC(=O)OC(C)(C)C)cc2)cc1)c1cccc2ccccc12. The molecular formula is C40H51N5O6S. The van der Waals surface area contributed by atoms with E-state index in [0.717, 1.165) is 72.3 Å². The first kappa shape index (κ1) is 38.7. The number of urea groups is 1. The van der Waals surface area contributed by atoms with Gasteiger partial charge in [0, 0.05) is 45.8 Å². The van der Waals surface area contributed by atoms with Crippen LogP contribution in [0.4, 0.5) is 9.59 Å². The van der Waals surface area contributed by atoms with Crippen molar-refractivity contribution >= 4 is 32.9 Å². The van der Waals surface area contributed by atoms with Crippen LogP contribution < -0.4 is 15.4 Å². The van der Waals surface area contributed by atoms with Crippen molar-refractivity contribution in [3.63, 3.8) is 0 Å². The highest BCUT2D eigenvalue weighted by Gasteiger charge is 2.21. The van der Waals surface area contributed by atoms with E-state index in [4.69, 9.17) is 9.47 Å². The zero-order valence-corrected chi connectivity index (χ0v) is 31.4. The number of carbonyl (C=O) groups is 2. The number of amides is 3. The monoisotopic (exact) mass is 729 g/mol. The van der Waals surface area contributed by atoms with Gasteiger partial charge in [0.2, 0.25) is 10.0 Å². The van der Waals surface area contributed by atoms with E-state index < -0.39 is 21.7 Å². The van der Waals surface area contributed by atoms with Crippen LogP contribution >= 0.6 is 0 Å². The number of nitrogens with zero attached hydrogens (tertiary/aromatic N) is 2. The van der Waals surface area contributed by atoms with Gasteiger partial charge in [-0.15, -0.1) is 0 Å². The number of rotatable bonds is 14. The van der Waals surface area contributed by atoms with Crippen molar-refractivity contribution in [2.24, 2.45) is 0 Å². The quantitative estimate of drug-likeness (QED) is 0.138. The molecule has 12 heteroatoms. The standard InChI is InChI=1S/C40H51N5O6S/c1-30(36-12-7-10-34-9-5-6-11-37(34)36)43-38(46)45(22-8-21-44-23-25-50-26-24-44)29-33-17-19-35(20-18-33)52(48,49)42-28-32-15-13-31(14-16-32)27-41-39(47)51-40(2,3)4/h5-7,9-20,30,42H,8,21-29H2,1-4H3,(H,41,47)(H,43,46). The molecule has 52 heavy (non-hydrogen) atoms. The van der Waals surface area contributed by atoms with Gasteiger partial charge in [-0.3, -0.25) is 4.90 Å². The first-order valence-electron chi connectivity index (χ1n) is 17.8. The van der Waals surface area contributed by atoms with Gasteiger partial charge in [0.1, 0.15) is 5.60 Å². The maximum Gasteiger partial charge on any atom is 0.407 e. The number of sulfonamides is 1. The molecule has 1 aliphatic heterocycles. The molecule has 1 unspecified atom stereocenters. The third-order valence-electron chi connectivity index (χ3n) is 8.86. The highest BCUT2D eigenvalue weighted by atomic mass is 32.2. The summed E-state index contributed by atoms with van der Waals surface area (Å²) in [6, 6.07) is 27.9. The number of benzene rings is 4. The van der Waals surface area contributed by atoms with Crippen LogP contribution in [-0.4, -0.2) is 75.3 Å². The van der Waals surface area contributed by atoms with Crippen molar-refractivity contribution in [1.82, 2.24) is 25.2 Å². The summed E-state index contributed by atoms with van der Waals surface area (Å²) in [5, 5.41) is 8.15. The van der Waals surface area contributed by atoms with Crippen LogP contribution in [0.25, 0.3) is 10.8 Å². The zero-order chi connectivity index (χ0) is 37.1. The summed E-state index contributed by atoms with van der Waals surface area (Å²) in [6.07, 6.45) is 0.301. The molecule has 5 rings (SSSR count). The van der Waals surface area contributed by atoms with E-state index in [1.54, 1.807) is 49.9 Å². The van der Waals surface area contributed by atoms with Gasteiger partial charge in [-0.2, -0.15) is 0 Å². The molecule has 3 N–H and O–H groups in total. The molecule has 4 aromatic carbocycles. The number of carbonyl (C=O) groups excluding carboxylic acids is 2. The highest BCUT2D eigenvalue weighted by Crippen LogP contribution is 2.24. The maximum atomic E-state index is 13.8. The molecule has 1 aliphatic rings. The minimum Gasteiger partial charge on any atom is -0.444 e. The number of morpholine rings is 1. The van der Waals surface area contributed by atoms with Crippen LogP contribution in [0, 0.1) is 0 Å². The zero-order valence-electron chi connectivity index (χ0n) is 30.6. The molecule has 0 aromatic heterocycles. The van der Waals surface area contributed by atoms with E-state index >= 15 is 0 Å². The molecule has 0 aliphatic carbocycles. The van der Waals surface area contributed by atoms with E-state index in [-0.39, 0.29) is 23.5 Å². The molecule has 0 radical (unpaired) electrons. The Kier molecular flexibility index (Phi) is 13.3. The van der Waals surface area contributed by atoms with Crippen molar-refractivity contribution in [1.29, 1.82) is 0 Å². The van der Waals surface area contributed by atoms with Crippen molar-refractivity contribution < 1.29 is 27.5 Å². The first-order chi connectivity index (χ1) is 24.9. The van der Waals surface area contributed by atoms with E-state index in [9.17, 15) is 18.0 Å². The fourth-order valence-electron chi connectivity index (χ4n) is 6.06. The second-order valence-corrected chi connectivity index (χ2v) is 15.9. The Bertz CT molecular complexity index is 1880. The van der Waals surface area contributed by atoms with Gasteiger partial charge in [0.15, 0.2) is 0 Å². The third-order valence-corrected chi connectivity index (χ3v) is 10.3. The van der Waals surface area contributed by atoms with Gasteiger partial charge in [-0.05, 0) is 79.3 Å². The highest BCUT2D eigenvalue weighted by molar-refractivity contribution is 7.89. The Hall–Kier alpha value is -4.49. The minimum atomic E-state index is -3.79. The lowest BCUT2D eigenvalue weighted by molar-refractivity contribution is 0.0364. The van der Waals surface area contributed by atoms with Crippen LogP contribution in [0.3, 0.4) is 0 Å². The summed E-state index contributed by atoms with van der Waals surface area (Å²) in [5.74, 6) is 0. The summed E-state index contributed by atoms with van der Waals surface area (Å²) < 4.78 is 39.8. The summed E-state index contributed by atoms with van der Waals surface area (Å²) in [6.45, 7) is 12.7. The summed E-state index contributed by atoms with van der Waals surface area (Å²) in [5.41, 5.74) is 2.93. The first-order valence-corrected chi connectivity index (χ1v) is 19.3. The molecule has 11 nitrogen and oxygen atoms in total. The van der Waals surface area contributed by atoms with Gasteiger partial charge in [0.05, 0.1) is 24.2 Å². The number of hydrogen-bond donors (Lipinski definition) is 3. The number of nitrogens with one attached hydrogen (secondary N) is 3. The molecule has 1 fully saturated rings. The van der Waals surface area contributed by atoms with Crippen LogP contribution in [0.5, 0.6) is 0 Å². The molecular weight excluding hydrogens is 679 g/mol. The number of hydrogen-bond acceptors (Lipinski definition) is 7. The Labute approximate surface area is 307 Å². The second-order valence-electron chi connectivity index (χ2n) is 14.1. The van der Waals surface area contributed by atoms with Gasteiger partial charge >= 0.3 is 12.1 Å². The van der Waals surface area contributed by atoms with E-state index in [2.05, 4.69) is 38.5 Å². The van der Waals surface area contributed by atoms with Crippen molar-refractivity contribution in [3.8, 4) is 0 Å². The Morgan fingerprint density at radius 2 is 1.50 bits per heavy atom. The number of ether oxygens (including phenoxy) is 2. The predicted octanol–water partition coefficient (Wildman–Crippen LogP) is 6.34. The van der Waals surface area contributed by atoms with Crippen LogP contribution in [-0.2, 0) is 39.1 Å². The van der Waals surface area contributed by atoms with Crippen LogP contribution in [0.15, 0.2) is 95.9 Å². The molecule has 4 aromatic rings. The average molecular weight is 730 g/mol. The number of alkyl carbamates (subject to hydrolysis) is 1. The summed E-state index contributed by atoms with van der Waals surface area (Å²) >= 11 is 0. The molecule has 1 heterocycles. The largest absolute Gasteiger partial charge is 0.444 e. The molecule has 0 spiro atoms. The van der Waals surface area contributed by atoms with Crippen LogP contribution in [0.1, 0.15) is 62.4 Å². The Morgan fingerprint density at radius 3 is 2.19 bits per heavy atom. The lowest BCUT2D eigenvalue weighted by Gasteiger charge is -2.29. The van der Waals surface area contributed by atoms with Gasteiger partial charge in [0.25, 0.3) is 0 Å². The molecule has 1 saturated heterocycles.